The molecule has 0 aromatic carbocycles. The van der Waals surface area contributed by atoms with E-state index < -0.39 is 36.2 Å². The van der Waals surface area contributed by atoms with Gasteiger partial charge in [0.25, 0.3) is 0 Å². The molecule has 124 valence electrons. The van der Waals surface area contributed by atoms with E-state index in [2.05, 4.69) is 5.32 Å². The van der Waals surface area contributed by atoms with Crippen LogP contribution in [0.1, 0.15) is 19.8 Å². The normalized spacial score (nSPS) is 14.3. The van der Waals surface area contributed by atoms with Crippen molar-refractivity contribution in [3.63, 3.8) is 0 Å². The third kappa shape index (κ3) is 10.7. The van der Waals surface area contributed by atoms with Crippen LogP contribution in [0.4, 0.5) is 0 Å². The number of nitrogens with one attached hydrogen (secondary N) is 1. The van der Waals surface area contributed by atoms with Gasteiger partial charge in [0.1, 0.15) is 6.04 Å². The first kappa shape index (κ1) is 21.5. The van der Waals surface area contributed by atoms with Crippen LogP contribution >= 0.6 is 0 Å². The average Bonchev–Trinajstić information content (AvgIpc) is 2.41. The van der Waals surface area contributed by atoms with Crippen LogP contribution in [0.15, 0.2) is 0 Å². The van der Waals surface area contributed by atoms with E-state index in [1.807, 2.05) is 6.92 Å². The Labute approximate surface area is 120 Å². The van der Waals surface area contributed by atoms with Crippen LogP contribution in [0.3, 0.4) is 0 Å². The van der Waals surface area contributed by atoms with Crippen LogP contribution in [0, 0.1) is 0 Å². The van der Waals surface area contributed by atoms with Gasteiger partial charge < -0.3 is 36.0 Å². The summed E-state index contributed by atoms with van der Waals surface area (Å²) in [6, 6.07) is -0.597. The Morgan fingerprint density at radius 1 is 0.952 bits per heavy atom. The zero-order valence-electron chi connectivity index (χ0n) is 11.5. The van der Waals surface area contributed by atoms with Gasteiger partial charge in [-0.1, -0.05) is 6.92 Å². The topological polar surface area (TPSA) is 185 Å². The monoisotopic (exact) mass is 311 g/mol. The molecule has 0 saturated carbocycles. The second-order valence-electron chi connectivity index (χ2n) is 3.92. The van der Waals surface area contributed by atoms with Gasteiger partial charge in [-0.05, 0) is 19.4 Å². The average molecular weight is 311 g/mol. The van der Waals surface area contributed by atoms with Crippen molar-refractivity contribution in [3.05, 3.63) is 0 Å². The minimum Gasteiger partial charge on any atom is -0.480 e. The summed E-state index contributed by atoms with van der Waals surface area (Å²) in [6.45, 7) is 2.55. The lowest BCUT2D eigenvalue weighted by atomic mass is 10.2. The number of aliphatic hydroxyl groups is 3. The van der Waals surface area contributed by atoms with Crippen molar-refractivity contribution in [2.45, 2.75) is 38.0 Å². The van der Waals surface area contributed by atoms with Crippen molar-refractivity contribution in [2.75, 3.05) is 13.2 Å². The van der Waals surface area contributed by atoms with Crippen LogP contribution in [-0.2, 0) is 14.4 Å². The Balaban J connectivity index is 0. The first-order valence-corrected chi connectivity index (χ1v) is 6.07. The highest BCUT2D eigenvalue weighted by molar-refractivity contribution is 5.83. The predicted octanol–water partition coefficient (Wildman–Crippen LogP) is -2.30. The molecule has 21 heavy (non-hydrogen) atoms. The minimum absolute atomic E-state index is 0.0896. The first-order chi connectivity index (χ1) is 9.68. The zero-order valence-corrected chi connectivity index (χ0v) is 11.5. The lowest BCUT2D eigenvalue weighted by Gasteiger charge is -2.11. The maximum Gasteiger partial charge on any atom is 0.335 e. The van der Waals surface area contributed by atoms with E-state index in [9.17, 15) is 14.4 Å². The van der Waals surface area contributed by atoms with E-state index >= 15 is 0 Å². The maximum atomic E-state index is 10.4. The highest BCUT2D eigenvalue weighted by Gasteiger charge is 2.29. The van der Waals surface area contributed by atoms with E-state index in [1.165, 1.54) is 0 Å². The first-order valence-electron chi connectivity index (χ1n) is 6.07. The van der Waals surface area contributed by atoms with Crippen LogP contribution in [0.5, 0.6) is 0 Å². The summed E-state index contributed by atoms with van der Waals surface area (Å²) in [7, 11) is 0. The fraction of sp³-hybridized carbons (Fsp3) is 0.727. The molecule has 7 N–H and O–H groups in total. The Hall–Kier alpha value is -1.75. The van der Waals surface area contributed by atoms with Gasteiger partial charge in [-0.25, -0.2) is 9.59 Å². The molecule has 0 aromatic rings. The summed E-state index contributed by atoms with van der Waals surface area (Å²) in [6.07, 6.45) is -3.36. The molecule has 10 heteroatoms. The van der Waals surface area contributed by atoms with Crippen molar-refractivity contribution in [1.29, 1.82) is 0 Å². The maximum absolute atomic E-state index is 10.4. The summed E-state index contributed by atoms with van der Waals surface area (Å²) >= 11 is 0. The number of aliphatic carboxylic acids is 3. The Morgan fingerprint density at radius 3 is 1.62 bits per heavy atom. The van der Waals surface area contributed by atoms with Gasteiger partial charge >= 0.3 is 17.9 Å². The number of rotatable bonds is 9. The quantitative estimate of drug-likeness (QED) is 0.244. The van der Waals surface area contributed by atoms with Crippen molar-refractivity contribution in [2.24, 2.45) is 0 Å². The Bertz CT molecular complexity index is 316. The molecule has 0 amide bonds. The number of hydrogen-bond donors (Lipinski definition) is 7. The lowest BCUT2D eigenvalue weighted by Crippen LogP contribution is -2.39. The van der Waals surface area contributed by atoms with Crippen molar-refractivity contribution < 1.29 is 45.0 Å². The fourth-order valence-corrected chi connectivity index (χ4v) is 1.03. The SMILES string of the molecule is CCCN[C@@H](CCO)C(=O)O.O=C(O)C(O)C(O)C(=O)O. The van der Waals surface area contributed by atoms with E-state index in [-0.39, 0.29) is 13.0 Å². The van der Waals surface area contributed by atoms with E-state index in [0.29, 0.717) is 6.54 Å². The molecule has 0 heterocycles. The Kier molecular flexibility index (Phi) is 12.3. The van der Waals surface area contributed by atoms with Crippen LogP contribution in [0.2, 0.25) is 0 Å². The minimum atomic E-state index is -2.27. The molecular weight excluding hydrogens is 290 g/mol. The van der Waals surface area contributed by atoms with Gasteiger partial charge in [0.2, 0.25) is 0 Å². The second-order valence-corrected chi connectivity index (χ2v) is 3.92. The molecule has 0 spiro atoms. The largest absolute Gasteiger partial charge is 0.480 e. The fourth-order valence-electron chi connectivity index (χ4n) is 1.03. The molecule has 0 radical (unpaired) electrons. The van der Waals surface area contributed by atoms with Crippen LogP contribution < -0.4 is 5.32 Å². The molecular formula is C11H21NO9. The summed E-state index contributed by atoms with van der Waals surface area (Å²) in [4.78, 5) is 30.0. The highest BCUT2D eigenvalue weighted by atomic mass is 16.4. The van der Waals surface area contributed by atoms with Crippen molar-refractivity contribution in [1.82, 2.24) is 5.32 Å². The lowest BCUT2D eigenvalue weighted by molar-refractivity contribution is -0.165. The molecule has 0 fully saturated rings. The second kappa shape index (κ2) is 12.0. The van der Waals surface area contributed by atoms with Gasteiger partial charge in [-0.3, -0.25) is 4.79 Å². The molecule has 0 rings (SSSR count). The van der Waals surface area contributed by atoms with Gasteiger partial charge in [0.05, 0.1) is 0 Å². The zero-order chi connectivity index (χ0) is 17.0. The summed E-state index contributed by atoms with van der Waals surface area (Å²) in [5, 5.41) is 52.4. The summed E-state index contributed by atoms with van der Waals surface area (Å²) in [5.74, 6) is -4.43. The molecule has 0 saturated heterocycles. The molecule has 0 aliphatic heterocycles. The smallest absolute Gasteiger partial charge is 0.335 e. The van der Waals surface area contributed by atoms with Crippen LogP contribution in [-0.4, -0.2) is 79.9 Å². The van der Waals surface area contributed by atoms with Crippen LogP contribution in [0.25, 0.3) is 0 Å². The number of aliphatic hydroxyl groups excluding tert-OH is 3. The van der Waals surface area contributed by atoms with E-state index in [4.69, 9.17) is 30.6 Å². The molecule has 0 aliphatic carbocycles. The number of carboxylic acid groups (broad SMARTS) is 3. The number of hydrogen-bond acceptors (Lipinski definition) is 7. The van der Waals surface area contributed by atoms with Gasteiger partial charge in [0, 0.05) is 6.61 Å². The standard InChI is InChI=1S/C7H15NO3.C4H6O6/c1-2-4-8-6(3-5-9)7(10)11;5-1(3(7)8)2(6)4(9)10/h6,8-9H,2-5H2,1H3,(H,10,11);1-2,5-6H,(H,7,8)(H,9,10)/t6-;/m0./s1. The number of carbonyl (C=O) groups is 3. The van der Waals surface area contributed by atoms with E-state index in [0.717, 1.165) is 6.42 Å². The molecule has 2 unspecified atom stereocenters. The molecule has 0 bridgehead atoms. The molecule has 10 nitrogen and oxygen atoms in total. The predicted molar refractivity (Wildman–Crippen MR) is 68.7 cm³/mol. The molecule has 0 aromatic heterocycles. The van der Waals surface area contributed by atoms with Crippen molar-refractivity contribution in [3.8, 4) is 0 Å². The third-order valence-electron chi connectivity index (χ3n) is 2.16. The summed E-state index contributed by atoms with van der Waals surface area (Å²) in [5.41, 5.74) is 0. The highest BCUT2D eigenvalue weighted by Crippen LogP contribution is 1.92. The van der Waals surface area contributed by atoms with Gasteiger partial charge in [0.15, 0.2) is 12.2 Å². The third-order valence-corrected chi connectivity index (χ3v) is 2.16. The molecule has 3 atom stereocenters. The van der Waals surface area contributed by atoms with E-state index in [1.54, 1.807) is 0 Å². The Morgan fingerprint density at radius 2 is 1.38 bits per heavy atom. The van der Waals surface area contributed by atoms with Gasteiger partial charge in [-0.2, -0.15) is 0 Å². The van der Waals surface area contributed by atoms with Gasteiger partial charge in [-0.15, -0.1) is 0 Å². The molecule has 0 aliphatic rings. The number of carboxylic acids is 3. The summed E-state index contributed by atoms with van der Waals surface area (Å²) < 4.78 is 0. The van der Waals surface area contributed by atoms with Crippen molar-refractivity contribution >= 4 is 17.9 Å².